The zero-order chi connectivity index (χ0) is 27.8. The van der Waals surface area contributed by atoms with Crippen molar-refractivity contribution in [2.75, 3.05) is 17.4 Å². The summed E-state index contributed by atoms with van der Waals surface area (Å²) in [6, 6.07) is 31.8. The maximum Gasteiger partial charge on any atom is 0.269 e. The number of hydrogen-bond acceptors (Lipinski definition) is 5. The number of benzene rings is 4. The van der Waals surface area contributed by atoms with Crippen LogP contribution in [0.25, 0.3) is 0 Å². The molecular weight excluding hydrogens is 514 g/mol. The molecule has 0 fully saturated rings. The van der Waals surface area contributed by atoms with Gasteiger partial charge >= 0.3 is 0 Å². The third-order valence-electron chi connectivity index (χ3n) is 6.45. The summed E-state index contributed by atoms with van der Waals surface area (Å²) in [6.45, 7) is 3.36. The van der Waals surface area contributed by atoms with Crippen LogP contribution < -0.4 is 9.21 Å². The maximum absolute atomic E-state index is 13.7. The number of aliphatic hydroxyl groups excluding tert-OH is 1. The molecule has 0 heterocycles. The number of non-ortho nitro benzene ring substituents is 1. The number of sulfonamides is 1. The lowest BCUT2D eigenvalue weighted by molar-refractivity contribution is -0.930. The van der Waals surface area contributed by atoms with E-state index in [0.717, 1.165) is 21.6 Å². The standard InChI is InChI=1S/C30H31N3O5S/c1-24-12-14-27(15-13-24)32(39(37,38)30-18-16-28(17-19-30)33(35)36)23-29(34)22-31(20-25-8-4-2-5-9-25)21-26-10-6-3-7-11-26/h2-19,29,34H,20-23H2,1H3/p+1. The Labute approximate surface area is 229 Å². The van der Waals surface area contributed by atoms with Gasteiger partial charge in [0.2, 0.25) is 0 Å². The molecule has 4 aromatic carbocycles. The summed E-state index contributed by atoms with van der Waals surface area (Å²) < 4.78 is 28.7. The van der Waals surface area contributed by atoms with Crippen molar-refractivity contribution in [3.8, 4) is 0 Å². The summed E-state index contributed by atoms with van der Waals surface area (Å²) in [5.41, 5.74) is 3.41. The van der Waals surface area contributed by atoms with Gasteiger partial charge < -0.3 is 10.0 Å². The fourth-order valence-corrected chi connectivity index (χ4v) is 5.99. The average molecular weight is 547 g/mol. The minimum Gasteiger partial charge on any atom is -0.385 e. The van der Waals surface area contributed by atoms with Gasteiger partial charge in [-0.05, 0) is 31.2 Å². The quantitative estimate of drug-likeness (QED) is 0.208. The number of aliphatic hydroxyl groups is 1. The summed E-state index contributed by atoms with van der Waals surface area (Å²) in [6.07, 6.45) is -0.985. The molecule has 8 nitrogen and oxygen atoms in total. The third kappa shape index (κ3) is 7.51. The molecule has 0 spiro atoms. The second-order valence-corrected chi connectivity index (χ2v) is 11.4. The molecule has 1 unspecified atom stereocenters. The second-order valence-electron chi connectivity index (χ2n) is 9.56. The van der Waals surface area contributed by atoms with Gasteiger partial charge in [-0.2, -0.15) is 0 Å². The Kier molecular flexibility index (Phi) is 9.08. The van der Waals surface area contributed by atoms with E-state index in [0.29, 0.717) is 25.3 Å². The number of anilines is 1. The van der Waals surface area contributed by atoms with Gasteiger partial charge in [-0.15, -0.1) is 0 Å². The van der Waals surface area contributed by atoms with Gasteiger partial charge in [-0.3, -0.25) is 14.4 Å². The van der Waals surface area contributed by atoms with Crippen LogP contribution in [-0.2, 0) is 23.1 Å². The smallest absolute Gasteiger partial charge is 0.269 e. The monoisotopic (exact) mass is 546 g/mol. The van der Waals surface area contributed by atoms with Crippen molar-refractivity contribution in [2.24, 2.45) is 0 Å². The molecule has 0 saturated carbocycles. The van der Waals surface area contributed by atoms with E-state index >= 15 is 0 Å². The summed E-state index contributed by atoms with van der Waals surface area (Å²) >= 11 is 0. The Morgan fingerprint density at radius 1 is 0.821 bits per heavy atom. The summed E-state index contributed by atoms with van der Waals surface area (Å²) in [5, 5.41) is 22.3. The Bertz CT molecular complexity index is 1420. The molecule has 0 bridgehead atoms. The average Bonchev–Trinajstić information content (AvgIpc) is 2.93. The lowest BCUT2D eigenvalue weighted by atomic mass is 10.1. The van der Waals surface area contributed by atoms with Crippen LogP contribution in [0.2, 0.25) is 0 Å². The Morgan fingerprint density at radius 3 is 1.82 bits per heavy atom. The highest BCUT2D eigenvalue weighted by Crippen LogP contribution is 2.26. The van der Waals surface area contributed by atoms with Gasteiger partial charge in [0.25, 0.3) is 15.7 Å². The number of rotatable bonds is 12. The number of nitro benzene ring substituents is 1. The molecule has 1 atom stereocenters. The number of nitro groups is 1. The first-order chi connectivity index (χ1) is 18.7. The number of aryl methyl sites for hydroxylation is 1. The predicted octanol–water partition coefficient (Wildman–Crippen LogP) is 3.74. The molecule has 4 aromatic rings. The lowest BCUT2D eigenvalue weighted by Crippen LogP contribution is -3.10. The van der Waals surface area contributed by atoms with Crippen LogP contribution >= 0.6 is 0 Å². The lowest BCUT2D eigenvalue weighted by Gasteiger charge is -2.29. The van der Waals surface area contributed by atoms with Crippen molar-refractivity contribution in [1.82, 2.24) is 0 Å². The van der Waals surface area contributed by atoms with E-state index in [4.69, 9.17) is 0 Å². The van der Waals surface area contributed by atoms with Crippen LogP contribution in [0.4, 0.5) is 11.4 Å². The van der Waals surface area contributed by atoms with Crippen molar-refractivity contribution >= 4 is 21.4 Å². The fraction of sp³-hybridized carbons (Fsp3) is 0.200. The van der Waals surface area contributed by atoms with Gasteiger partial charge in [0.05, 0.1) is 22.1 Å². The van der Waals surface area contributed by atoms with E-state index in [9.17, 15) is 23.6 Å². The summed E-state index contributed by atoms with van der Waals surface area (Å²) in [7, 11) is -4.12. The van der Waals surface area contributed by atoms with Crippen molar-refractivity contribution in [3.05, 3.63) is 136 Å². The zero-order valence-corrected chi connectivity index (χ0v) is 22.5. The van der Waals surface area contributed by atoms with Gasteiger partial charge in [0.15, 0.2) is 0 Å². The van der Waals surface area contributed by atoms with Gasteiger partial charge in [-0.25, -0.2) is 8.42 Å². The van der Waals surface area contributed by atoms with Crippen molar-refractivity contribution in [2.45, 2.75) is 31.0 Å². The van der Waals surface area contributed by atoms with Gasteiger partial charge in [-0.1, -0.05) is 78.4 Å². The molecule has 4 rings (SSSR count). The SMILES string of the molecule is Cc1ccc(N(CC(O)C[NH+](Cc2ccccc2)Cc2ccccc2)S(=O)(=O)c2ccc([N+](=O)[O-])cc2)cc1. The molecule has 0 saturated heterocycles. The topological polar surface area (TPSA) is 105 Å². The van der Waals surface area contributed by atoms with Crippen LogP contribution in [-0.4, -0.2) is 37.6 Å². The Balaban J connectivity index is 1.60. The third-order valence-corrected chi connectivity index (χ3v) is 8.26. The molecular formula is C30H32N3O5S+. The molecule has 2 N–H and O–H groups in total. The highest BCUT2D eigenvalue weighted by Gasteiger charge is 2.29. The summed E-state index contributed by atoms with van der Waals surface area (Å²) in [4.78, 5) is 11.5. The number of nitrogens with one attached hydrogen (secondary N) is 1. The van der Waals surface area contributed by atoms with Crippen LogP contribution in [0, 0.1) is 17.0 Å². The number of nitrogens with zero attached hydrogens (tertiary/aromatic N) is 2. The minimum absolute atomic E-state index is 0.0846. The number of hydrogen-bond donors (Lipinski definition) is 2. The van der Waals surface area contributed by atoms with E-state index in [1.54, 1.807) is 12.1 Å². The molecule has 39 heavy (non-hydrogen) atoms. The first-order valence-corrected chi connectivity index (χ1v) is 14.1. The van der Waals surface area contributed by atoms with Crippen molar-refractivity contribution in [1.29, 1.82) is 0 Å². The van der Waals surface area contributed by atoms with E-state index in [2.05, 4.69) is 0 Å². The van der Waals surface area contributed by atoms with E-state index in [-0.39, 0.29) is 17.1 Å². The molecule has 0 aliphatic rings. The second kappa shape index (κ2) is 12.7. The van der Waals surface area contributed by atoms with Crippen molar-refractivity contribution < 1.29 is 23.3 Å². The first-order valence-electron chi connectivity index (χ1n) is 12.7. The highest BCUT2D eigenvalue weighted by atomic mass is 32.2. The summed E-state index contributed by atoms with van der Waals surface area (Å²) in [5.74, 6) is 0. The van der Waals surface area contributed by atoms with E-state index in [1.807, 2.05) is 79.7 Å². The predicted molar refractivity (Wildman–Crippen MR) is 151 cm³/mol. The van der Waals surface area contributed by atoms with Gasteiger partial charge in [0.1, 0.15) is 25.7 Å². The largest absolute Gasteiger partial charge is 0.385 e. The normalized spacial score (nSPS) is 12.3. The van der Waals surface area contributed by atoms with Crippen molar-refractivity contribution in [3.63, 3.8) is 0 Å². The Hall–Kier alpha value is -4.05. The van der Waals surface area contributed by atoms with Crippen LogP contribution in [0.5, 0.6) is 0 Å². The molecule has 0 aromatic heterocycles. The molecule has 0 aliphatic carbocycles. The maximum atomic E-state index is 13.7. The van der Waals surface area contributed by atoms with Gasteiger partial charge in [0, 0.05) is 23.3 Å². The molecule has 0 amide bonds. The van der Waals surface area contributed by atoms with Crippen LogP contribution in [0.15, 0.2) is 114 Å². The number of quaternary nitrogens is 1. The Morgan fingerprint density at radius 2 is 1.33 bits per heavy atom. The molecule has 202 valence electrons. The van der Waals surface area contributed by atoms with E-state index < -0.39 is 21.1 Å². The van der Waals surface area contributed by atoms with Crippen LogP contribution in [0.1, 0.15) is 16.7 Å². The van der Waals surface area contributed by atoms with Crippen LogP contribution in [0.3, 0.4) is 0 Å². The minimum atomic E-state index is -4.12. The highest BCUT2D eigenvalue weighted by molar-refractivity contribution is 7.92. The first kappa shape index (κ1) is 28.0. The molecule has 0 aliphatic heterocycles. The molecule has 9 heteroatoms. The van der Waals surface area contributed by atoms with E-state index in [1.165, 1.54) is 28.6 Å². The zero-order valence-electron chi connectivity index (χ0n) is 21.7. The fourth-order valence-electron chi connectivity index (χ4n) is 4.49. The molecule has 0 radical (unpaired) electrons.